The first kappa shape index (κ1) is 17.3. The van der Waals surface area contributed by atoms with Gasteiger partial charge in [-0.3, -0.25) is 4.79 Å². The first-order valence-electron chi connectivity index (χ1n) is 8.02. The minimum Gasteiger partial charge on any atom is -0.381 e. The number of hydrogen-bond donors (Lipinski definition) is 2. The number of benzene rings is 1. The lowest BCUT2D eigenvalue weighted by atomic mass is 9.73. The molecule has 122 valence electrons. The third kappa shape index (κ3) is 4.22. The molecular weight excluding hydrogens is 300 g/mol. The highest BCUT2D eigenvalue weighted by Crippen LogP contribution is 2.36. The van der Waals surface area contributed by atoms with Gasteiger partial charge in [0.05, 0.1) is 5.41 Å². The fraction of sp³-hybridized carbons (Fsp3) is 0.588. The lowest BCUT2D eigenvalue weighted by Gasteiger charge is -2.36. The second-order valence-electron chi connectivity index (χ2n) is 5.71. The van der Waals surface area contributed by atoms with Crippen LogP contribution in [-0.2, 0) is 14.9 Å². The smallest absolute Gasteiger partial charge is 0.230 e. The van der Waals surface area contributed by atoms with E-state index in [1.165, 1.54) is 0 Å². The van der Waals surface area contributed by atoms with Crippen LogP contribution in [0.2, 0.25) is 5.02 Å². The van der Waals surface area contributed by atoms with Crippen LogP contribution < -0.4 is 10.6 Å². The first-order valence-corrected chi connectivity index (χ1v) is 8.39. The Morgan fingerprint density at radius 2 is 2.05 bits per heavy atom. The number of carbonyl (C=O) groups is 1. The maximum absolute atomic E-state index is 12.8. The van der Waals surface area contributed by atoms with E-state index >= 15 is 0 Å². The third-order valence-electron chi connectivity index (χ3n) is 4.17. The summed E-state index contributed by atoms with van der Waals surface area (Å²) >= 11 is 6.12. The normalized spacial score (nSPS) is 17.2. The molecule has 1 saturated heterocycles. The SMILES string of the molecule is CCCNCCNC(=O)C1(c2cccc(Cl)c2)CCOCC1. The zero-order valence-corrected chi connectivity index (χ0v) is 13.9. The van der Waals surface area contributed by atoms with E-state index in [1.54, 1.807) is 0 Å². The minimum absolute atomic E-state index is 0.0800. The van der Waals surface area contributed by atoms with E-state index < -0.39 is 5.41 Å². The lowest BCUT2D eigenvalue weighted by Crippen LogP contribution is -2.49. The van der Waals surface area contributed by atoms with Crippen LogP contribution in [0.4, 0.5) is 0 Å². The standard InChI is InChI=1S/C17H25ClN2O2/c1-2-8-19-9-10-20-16(21)17(6-11-22-12-7-17)14-4-3-5-15(18)13-14/h3-5,13,19H,2,6-12H2,1H3,(H,20,21). The van der Waals surface area contributed by atoms with Crippen LogP contribution in [0.15, 0.2) is 24.3 Å². The number of halogens is 1. The van der Waals surface area contributed by atoms with E-state index in [0.29, 0.717) is 37.6 Å². The summed E-state index contributed by atoms with van der Waals surface area (Å²) in [5.41, 5.74) is 0.468. The van der Waals surface area contributed by atoms with Crippen molar-refractivity contribution in [3.63, 3.8) is 0 Å². The summed E-state index contributed by atoms with van der Waals surface area (Å²) in [4.78, 5) is 12.8. The van der Waals surface area contributed by atoms with Crippen LogP contribution in [0.5, 0.6) is 0 Å². The molecule has 2 N–H and O–H groups in total. The molecule has 1 aliphatic rings. The average Bonchev–Trinajstić information content (AvgIpc) is 2.55. The van der Waals surface area contributed by atoms with Crippen LogP contribution in [0.25, 0.3) is 0 Å². The Bertz CT molecular complexity index is 487. The van der Waals surface area contributed by atoms with E-state index in [-0.39, 0.29) is 5.91 Å². The van der Waals surface area contributed by atoms with Crippen molar-refractivity contribution in [3.05, 3.63) is 34.9 Å². The number of ether oxygens (including phenoxy) is 1. The highest BCUT2D eigenvalue weighted by molar-refractivity contribution is 6.30. The molecule has 0 unspecified atom stereocenters. The van der Waals surface area contributed by atoms with E-state index in [9.17, 15) is 4.79 Å². The Morgan fingerprint density at radius 3 is 2.73 bits per heavy atom. The van der Waals surface area contributed by atoms with Crippen molar-refractivity contribution in [2.24, 2.45) is 0 Å². The fourth-order valence-electron chi connectivity index (χ4n) is 2.89. The van der Waals surface area contributed by atoms with Gasteiger partial charge in [-0.25, -0.2) is 0 Å². The van der Waals surface area contributed by atoms with Crippen molar-refractivity contribution in [2.75, 3.05) is 32.8 Å². The predicted octanol–water partition coefficient (Wildman–Crippen LogP) is 2.50. The molecule has 0 bridgehead atoms. The van der Waals surface area contributed by atoms with Crippen molar-refractivity contribution in [3.8, 4) is 0 Å². The number of nitrogens with one attached hydrogen (secondary N) is 2. The number of carbonyl (C=O) groups excluding carboxylic acids is 1. The van der Waals surface area contributed by atoms with Gasteiger partial charge in [0, 0.05) is 31.3 Å². The molecule has 5 heteroatoms. The van der Waals surface area contributed by atoms with Gasteiger partial charge in [-0.2, -0.15) is 0 Å². The van der Waals surface area contributed by atoms with Crippen LogP contribution in [0.1, 0.15) is 31.7 Å². The molecule has 0 aliphatic carbocycles. The highest BCUT2D eigenvalue weighted by Gasteiger charge is 2.41. The molecule has 1 aromatic rings. The predicted molar refractivity (Wildman–Crippen MR) is 89.4 cm³/mol. The summed E-state index contributed by atoms with van der Waals surface area (Å²) in [6.07, 6.45) is 2.49. The molecule has 22 heavy (non-hydrogen) atoms. The molecule has 1 amide bonds. The summed E-state index contributed by atoms with van der Waals surface area (Å²) in [7, 11) is 0. The van der Waals surface area contributed by atoms with Gasteiger partial charge in [-0.1, -0.05) is 30.7 Å². The minimum atomic E-state index is -0.520. The van der Waals surface area contributed by atoms with E-state index in [1.807, 2.05) is 24.3 Å². The molecule has 1 heterocycles. The van der Waals surface area contributed by atoms with Crippen LogP contribution >= 0.6 is 11.6 Å². The van der Waals surface area contributed by atoms with Gasteiger partial charge >= 0.3 is 0 Å². The number of rotatable bonds is 7. The Morgan fingerprint density at radius 1 is 1.27 bits per heavy atom. The summed E-state index contributed by atoms with van der Waals surface area (Å²) in [5.74, 6) is 0.0800. The van der Waals surface area contributed by atoms with Gasteiger partial charge in [0.1, 0.15) is 0 Å². The molecule has 1 aliphatic heterocycles. The molecule has 1 aromatic carbocycles. The van der Waals surface area contributed by atoms with Gasteiger partial charge < -0.3 is 15.4 Å². The van der Waals surface area contributed by atoms with Gasteiger partial charge in [0.15, 0.2) is 0 Å². The average molecular weight is 325 g/mol. The molecule has 0 atom stereocenters. The molecular formula is C17H25ClN2O2. The quantitative estimate of drug-likeness (QED) is 0.758. The Hall–Kier alpha value is -1.10. The third-order valence-corrected chi connectivity index (χ3v) is 4.41. The molecule has 2 rings (SSSR count). The van der Waals surface area contributed by atoms with Crippen molar-refractivity contribution >= 4 is 17.5 Å². The lowest BCUT2D eigenvalue weighted by molar-refractivity contribution is -0.130. The molecule has 0 radical (unpaired) electrons. The van der Waals surface area contributed by atoms with Crippen molar-refractivity contribution in [1.82, 2.24) is 10.6 Å². The monoisotopic (exact) mass is 324 g/mol. The van der Waals surface area contributed by atoms with E-state index in [4.69, 9.17) is 16.3 Å². The van der Waals surface area contributed by atoms with Crippen molar-refractivity contribution in [2.45, 2.75) is 31.6 Å². The number of hydrogen-bond acceptors (Lipinski definition) is 3. The molecule has 1 fully saturated rings. The van der Waals surface area contributed by atoms with Gasteiger partial charge in [-0.05, 0) is 43.5 Å². The van der Waals surface area contributed by atoms with Crippen molar-refractivity contribution in [1.29, 1.82) is 0 Å². The maximum atomic E-state index is 12.8. The summed E-state index contributed by atoms with van der Waals surface area (Å²) in [6.45, 7) is 5.75. The molecule has 0 saturated carbocycles. The summed E-state index contributed by atoms with van der Waals surface area (Å²) in [5, 5.41) is 7.03. The second kappa shape index (κ2) is 8.51. The largest absolute Gasteiger partial charge is 0.381 e. The van der Waals surface area contributed by atoms with Gasteiger partial charge in [0.25, 0.3) is 0 Å². The summed E-state index contributed by atoms with van der Waals surface area (Å²) in [6, 6.07) is 7.64. The fourth-order valence-corrected chi connectivity index (χ4v) is 3.08. The number of amides is 1. The van der Waals surface area contributed by atoms with E-state index in [2.05, 4.69) is 17.6 Å². The zero-order chi connectivity index (χ0) is 15.8. The first-order chi connectivity index (χ1) is 10.7. The summed E-state index contributed by atoms with van der Waals surface area (Å²) < 4.78 is 5.46. The topological polar surface area (TPSA) is 50.4 Å². The van der Waals surface area contributed by atoms with E-state index in [0.717, 1.165) is 25.1 Å². The van der Waals surface area contributed by atoms with Gasteiger partial charge in [-0.15, -0.1) is 0 Å². The Labute approximate surface area is 137 Å². The Kier molecular flexibility index (Phi) is 6.68. The van der Waals surface area contributed by atoms with Crippen molar-refractivity contribution < 1.29 is 9.53 Å². The van der Waals surface area contributed by atoms with Crippen LogP contribution in [0.3, 0.4) is 0 Å². The zero-order valence-electron chi connectivity index (χ0n) is 13.2. The van der Waals surface area contributed by atoms with Gasteiger partial charge in [0.2, 0.25) is 5.91 Å². The van der Waals surface area contributed by atoms with Crippen LogP contribution in [-0.4, -0.2) is 38.8 Å². The second-order valence-corrected chi connectivity index (χ2v) is 6.15. The molecule has 0 aromatic heterocycles. The molecule has 4 nitrogen and oxygen atoms in total. The van der Waals surface area contributed by atoms with Crippen LogP contribution in [0, 0.1) is 0 Å². The highest BCUT2D eigenvalue weighted by atomic mass is 35.5. The molecule has 0 spiro atoms. The Balaban J connectivity index is 2.07. The maximum Gasteiger partial charge on any atom is 0.230 e.